The van der Waals surface area contributed by atoms with Crippen molar-refractivity contribution in [2.75, 3.05) is 0 Å². The van der Waals surface area contributed by atoms with Crippen molar-refractivity contribution < 1.29 is 27.1 Å². The van der Waals surface area contributed by atoms with Crippen molar-refractivity contribution >= 4 is 6.29 Å². The number of carbonyl (C=O) groups is 1. The van der Waals surface area contributed by atoms with Crippen LogP contribution in [0.4, 0.5) is 17.6 Å². The van der Waals surface area contributed by atoms with Crippen molar-refractivity contribution in [1.29, 1.82) is 0 Å². The number of ether oxygens (including phenoxy) is 1. The van der Waals surface area contributed by atoms with Crippen LogP contribution in [-0.4, -0.2) is 12.6 Å². The van der Waals surface area contributed by atoms with Crippen LogP contribution in [0, 0.1) is 17.7 Å². The van der Waals surface area contributed by atoms with Gasteiger partial charge in [-0.2, -0.15) is 0 Å². The number of alkyl halides is 3. The largest absolute Gasteiger partial charge is 0.573 e. The van der Waals surface area contributed by atoms with Gasteiger partial charge in [-0.15, -0.1) is 13.2 Å². The molecule has 1 rings (SSSR count). The molecule has 0 aliphatic rings. The Morgan fingerprint density at radius 2 is 2.00 bits per heavy atom. The molecule has 0 spiro atoms. The molecule has 1 aromatic rings. The van der Waals surface area contributed by atoms with E-state index >= 15 is 0 Å². The quantitative estimate of drug-likeness (QED) is 0.422. The highest BCUT2D eigenvalue weighted by molar-refractivity contribution is 5.74. The zero-order chi connectivity index (χ0) is 12.2. The summed E-state index contributed by atoms with van der Waals surface area (Å²) >= 11 is 0. The topological polar surface area (TPSA) is 26.3 Å². The summed E-state index contributed by atoms with van der Waals surface area (Å²) in [5.41, 5.74) is -0.179. The van der Waals surface area contributed by atoms with E-state index in [9.17, 15) is 22.4 Å². The van der Waals surface area contributed by atoms with E-state index in [1.54, 1.807) is 0 Å². The monoisotopic (exact) mass is 232 g/mol. The summed E-state index contributed by atoms with van der Waals surface area (Å²) in [5.74, 6) is 2.39. The molecule has 0 aliphatic carbocycles. The fourth-order valence-corrected chi connectivity index (χ4v) is 0.902. The molecule has 1 aromatic carbocycles. The molecule has 16 heavy (non-hydrogen) atoms. The van der Waals surface area contributed by atoms with Crippen LogP contribution in [0.25, 0.3) is 0 Å². The van der Waals surface area contributed by atoms with Crippen LogP contribution in [0.3, 0.4) is 0 Å². The molecule has 6 heteroatoms. The van der Waals surface area contributed by atoms with Gasteiger partial charge in [0, 0.05) is 6.07 Å². The van der Waals surface area contributed by atoms with Gasteiger partial charge < -0.3 is 4.74 Å². The van der Waals surface area contributed by atoms with Crippen molar-refractivity contribution in [3.05, 3.63) is 29.6 Å². The summed E-state index contributed by atoms with van der Waals surface area (Å²) in [6.45, 7) is 0. The third kappa shape index (κ3) is 3.61. The first-order chi connectivity index (χ1) is 7.42. The first-order valence-electron chi connectivity index (χ1n) is 3.93. The molecule has 0 bridgehead atoms. The second-order valence-electron chi connectivity index (χ2n) is 2.58. The van der Waals surface area contributed by atoms with Crippen LogP contribution < -0.4 is 4.74 Å². The zero-order valence-electron chi connectivity index (χ0n) is 7.64. The Hall–Kier alpha value is -2.03. The number of carbonyl (C=O) groups excluding carboxylic acids is 1. The molecule has 84 valence electrons. The minimum Gasteiger partial charge on any atom is -0.406 e. The Morgan fingerprint density at radius 3 is 2.50 bits per heavy atom. The van der Waals surface area contributed by atoms with E-state index in [2.05, 4.69) is 10.7 Å². The van der Waals surface area contributed by atoms with Crippen LogP contribution >= 0.6 is 0 Å². The van der Waals surface area contributed by atoms with Crippen molar-refractivity contribution in [2.45, 2.75) is 6.36 Å². The highest BCUT2D eigenvalue weighted by atomic mass is 19.4. The number of rotatable bonds is 1. The summed E-state index contributed by atoms with van der Waals surface area (Å²) in [6, 6.07) is 2.45. The smallest absolute Gasteiger partial charge is 0.406 e. The van der Waals surface area contributed by atoms with Gasteiger partial charge in [0.2, 0.25) is 0 Å². The van der Waals surface area contributed by atoms with Crippen molar-refractivity contribution in [3.8, 4) is 17.6 Å². The SMILES string of the molecule is O=CC#Cc1ccc(OC(F)(F)F)cc1F. The van der Waals surface area contributed by atoms with E-state index in [-0.39, 0.29) is 11.8 Å². The number of aldehydes is 1. The maximum atomic E-state index is 13.1. The molecule has 0 atom stereocenters. The highest BCUT2D eigenvalue weighted by Gasteiger charge is 2.31. The number of benzene rings is 1. The van der Waals surface area contributed by atoms with E-state index in [1.807, 2.05) is 5.92 Å². The Labute approximate surface area is 87.8 Å². The minimum absolute atomic E-state index is 0.179. The molecule has 0 aliphatic heterocycles. The van der Waals surface area contributed by atoms with Gasteiger partial charge in [-0.05, 0) is 18.1 Å². The predicted molar refractivity (Wildman–Crippen MR) is 46.0 cm³/mol. The van der Waals surface area contributed by atoms with Crippen LogP contribution in [-0.2, 0) is 4.79 Å². The van der Waals surface area contributed by atoms with Crippen LogP contribution in [0.5, 0.6) is 5.75 Å². The summed E-state index contributed by atoms with van der Waals surface area (Å²) in [4.78, 5) is 9.87. The lowest BCUT2D eigenvalue weighted by atomic mass is 10.2. The lowest BCUT2D eigenvalue weighted by Crippen LogP contribution is -2.17. The standard InChI is InChI=1S/C10H4F4O2/c11-9-6-8(16-10(12,13)14)4-3-7(9)2-1-5-15/h3-6H. The van der Waals surface area contributed by atoms with Crippen molar-refractivity contribution in [1.82, 2.24) is 0 Å². The van der Waals surface area contributed by atoms with E-state index < -0.39 is 17.9 Å². The molecule has 0 saturated carbocycles. The van der Waals surface area contributed by atoms with Crippen LogP contribution in [0.2, 0.25) is 0 Å². The van der Waals surface area contributed by atoms with Gasteiger partial charge in [-0.3, -0.25) is 4.79 Å². The average Bonchev–Trinajstić information content (AvgIpc) is 2.14. The molecule has 0 fully saturated rings. The summed E-state index contributed by atoms with van der Waals surface area (Å²) < 4.78 is 51.8. The van der Waals surface area contributed by atoms with E-state index in [4.69, 9.17) is 0 Å². The first-order valence-corrected chi connectivity index (χ1v) is 3.93. The second-order valence-corrected chi connectivity index (χ2v) is 2.58. The third-order valence-corrected chi connectivity index (χ3v) is 1.44. The van der Waals surface area contributed by atoms with E-state index in [0.717, 1.165) is 12.1 Å². The molecular formula is C10H4F4O2. The van der Waals surface area contributed by atoms with Crippen LogP contribution in [0.15, 0.2) is 18.2 Å². The molecule has 0 unspecified atom stereocenters. The van der Waals surface area contributed by atoms with Gasteiger partial charge in [0.1, 0.15) is 11.6 Å². The van der Waals surface area contributed by atoms with Crippen LogP contribution in [0.1, 0.15) is 5.56 Å². The Kier molecular flexibility index (Phi) is 3.51. The lowest BCUT2D eigenvalue weighted by molar-refractivity contribution is -0.274. The predicted octanol–water partition coefficient (Wildman–Crippen LogP) is 2.27. The van der Waals surface area contributed by atoms with Gasteiger partial charge >= 0.3 is 6.36 Å². The van der Waals surface area contributed by atoms with Gasteiger partial charge in [0.15, 0.2) is 6.29 Å². The van der Waals surface area contributed by atoms with E-state index in [0.29, 0.717) is 6.07 Å². The molecule has 0 amide bonds. The van der Waals surface area contributed by atoms with Gasteiger partial charge in [0.05, 0.1) is 5.56 Å². The Morgan fingerprint density at radius 1 is 1.31 bits per heavy atom. The first kappa shape index (κ1) is 12.0. The fourth-order valence-electron chi connectivity index (χ4n) is 0.902. The summed E-state index contributed by atoms with van der Waals surface area (Å²) in [6.07, 6.45) is -4.62. The molecule has 0 N–H and O–H groups in total. The number of halogens is 4. The fraction of sp³-hybridized carbons (Fsp3) is 0.100. The molecular weight excluding hydrogens is 228 g/mol. The average molecular weight is 232 g/mol. The van der Waals surface area contributed by atoms with Crippen molar-refractivity contribution in [3.63, 3.8) is 0 Å². The van der Waals surface area contributed by atoms with Gasteiger partial charge in [-0.25, -0.2) is 4.39 Å². The maximum Gasteiger partial charge on any atom is 0.573 e. The second kappa shape index (κ2) is 4.66. The molecule has 2 nitrogen and oxygen atoms in total. The van der Waals surface area contributed by atoms with E-state index in [1.165, 1.54) is 0 Å². The number of hydrogen-bond acceptors (Lipinski definition) is 2. The molecule has 0 saturated heterocycles. The van der Waals surface area contributed by atoms with Gasteiger partial charge in [0.25, 0.3) is 0 Å². The third-order valence-electron chi connectivity index (χ3n) is 1.44. The molecule has 0 heterocycles. The Bertz CT molecular complexity index is 454. The summed E-state index contributed by atoms with van der Waals surface area (Å²) in [7, 11) is 0. The summed E-state index contributed by atoms with van der Waals surface area (Å²) in [5, 5.41) is 0. The van der Waals surface area contributed by atoms with Crippen molar-refractivity contribution in [2.24, 2.45) is 0 Å². The minimum atomic E-state index is -4.87. The maximum absolute atomic E-state index is 13.1. The zero-order valence-corrected chi connectivity index (χ0v) is 7.64. The normalized spacial score (nSPS) is 10.2. The highest BCUT2D eigenvalue weighted by Crippen LogP contribution is 2.24. The lowest BCUT2D eigenvalue weighted by Gasteiger charge is -2.08. The van der Waals surface area contributed by atoms with Gasteiger partial charge in [-0.1, -0.05) is 5.92 Å². The molecule has 0 aromatic heterocycles. The Balaban J connectivity index is 2.95. The molecule has 0 radical (unpaired) electrons. The number of hydrogen-bond donors (Lipinski definition) is 0.